The van der Waals surface area contributed by atoms with E-state index < -0.39 is 0 Å². The summed E-state index contributed by atoms with van der Waals surface area (Å²) in [5.74, 6) is -0.824. The summed E-state index contributed by atoms with van der Waals surface area (Å²) in [5, 5.41) is 3.03. The van der Waals surface area contributed by atoms with Gasteiger partial charge >= 0.3 is 0 Å². The lowest BCUT2D eigenvalue weighted by molar-refractivity contribution is 0.0930. The van der Waals surface area contributed by atoms with Crippen LogP contribution in [0.4, 0.5) is 20.2 Å². The van der Waals surface area contributed by atoms with Gasteiger partial charge in [0.25, 0.3) is 5.91 Å². The Kier molecular flexibility index (Phi) is 7.43. The highest BCUT2D eigenvalue weighted by Crippen LogP contribution is 2.26. The Balaban J connectivity index is 1.47. The molecule has 1 fully saturated rings. The molecule has 1 unspecified atom stereocenters. The number of rotatable bonds is 7. The van der Waals surface area contributed by atoms with Crippen LogP contribution in [-0.2, 0) is 0 Å². The number of amides is 1. The number of hydrogen-bond donors (Lipinski definition) is 1. The first-order chi connectivity index (χ1) is 16.4. The fraction of sp³-hybridized carbons (Fsp3) is 0.296. The van der Waals surface area contributed by atoms with Gasteiger partial charge in [0.1, 0.15) is 11.6 Å². The van der Waals surface area contributed by atoms with Crippen molar-refractivity contribution >= 4 is 17.3 Å². The van der Waals surface area contributed by atoms with Crippen LogP contribution in [0.15, 0.2) is 72.8 Å². The van der Waals surface area contributed by atoms with E-state index in [-0.39, 0.29) is 23.6 Å². The summed E-state index contributed by atoms with van der Waals surface area (Å²) in [6.07, 6.45) is 0. The maximum absolute atomic E-state index is 13.3. The van der Waals surface area contributed by atoms with Gasteiger partial charge in [-0.3, -0.25) is 9.69 Å². The van der Waals surface area contributed by atoms with Crippen LogP contribution in [-0.4, -0.2) is 57.6 Å². The minimum Gasteiger partial charge on any atom is -0.378 e. The van der Waals surface area contributed by atoms with Crippen LogP contribution in [0.1, 0.15) is 22.0 Å². The highest BCUT2D eigenvalue weighted by molar-refractivity contribution is 5.94. The van der Waals surface area contributed by atoms with Crippen molar-refractivity contribution in [2.24, 2.45) is 0 Å². The van der Waals surface area contributed by atoms with Crippen molar-refractivity contribution in [3.05, 3.63) is 95.6 Å². The van der Waals surface area contributed by atoms with Crippen molar-refractivity contribution in [1.29, 1.82) is 0 Å². The first-order valence-corrected chi connectivity index (χ1v) is 11.5. The van der Waals surface area contributed by atoms with Crippen LogP contribution in [0.3, 0.4) is 0 Å². The molecular formula is C27H30F2N4O. The lowest BCUT2D eigenvalue weighted by Crippen LogP contribution is -2.50. The molecule has 34 heavy (non-hydrogen) atoms. The number of hydrogen-bond acceptors (Lipinski definition) is 4. The largest absolute Gasteiger partial charge is 0.378 e. The van der Waals surface area contributed by atoms with E-state index in [9.17, 15) is 13.6 Å². The molecule has 5 nitrogen and oxygen atoms in total. The van der Waals surface area contributed by atoms with E-state index in [0.29, 0.717) is 12.1 Å². The van der Waals surface area contributed by atoms with E-state index in [2.05, 4.69) is 44.3 Å². The van der Waals surface area contributed by atoms with Gasteiger partial charge in [-0.1, -0.05) is 12.1 Å². The number of halogens is 2. The van der Waals surface area contributed by atoms with E-state index in [1.165, 1.54) is 36.4 Å². The van der Waals surface area contributed by atoms with Gasteiger partial charge in [0, 0.05) is 63.8 Å². The third-order valence-corrected chi connectivity index (χ3v) is 6.30. The van der Waals surface area contributed by atoms with Gasteiger partial charge in [0.05, 0.1) is 6.04 Å². The van der Waals surface area contributed by atoms with Gasteiger partial charge < -0.3 is 15.1 Å². The lowest BCUT2D eigenvalue weighted by atomic mass is 10.0. The Hall–Kier alpha value is -3.45. The summed E-state index contributed by atoms with van der Waals surface area (Å²) in [6.45, 7) is 3.68. The fourth-order valence-electron chi connectivity index (χ4n) is 4.29. The average Bonchev–Trinajstić information content (AvgIpc) is 2.85. The van der Waals surface area contributed by atoms with Crippen molar-refractivity contribution < 1.29 is 13.6 Å². The second-order valence-corrected chi connectivity index (χ2v) is 8.72. The summed E-state index contributed by atoms with van der Waals surface area (Å²) in [7, 11) is 4.01. The molecule has 1 amide bonds. The van der Waals surface area contributed by atoms with Gasteiger partial charge in [-0.25, -0.2) is 8.78 Å². The summed E-state index contributed by atoms with van der Waals surface area (Å²) in [5.41, 5.74) is 3.68. The van der Waals surface area contributed by atoms with E-state index in [1.807, 2.05) is 26.2 Å². The molecule has 3 aromatic carbocycles. The maximum Gasteiger partial charge on any atom is 0.251 e. The average molecular weight is 465 g/mol. The molecule has 178 valence electrons. The monoisotopic (exact) mass is 464 g/mol. The molecule has 0 radical (unpaired) electrons. The molecule has 1 heterocycles. The molecule has 1 saturated heterocycles. The van der Waals surface area contributed by atoms with E-state index in [0.717, 1.165) is 43.1 Å². The molecule has 0 aliphatic carbocycles. The fourth-order valence-corrected chi connectivity index (χ4v) is 4.29. The Morgan fingerprint density at radius 2 is 1.41 bits per heavy atom. The standard InChI is InChI=1S/C27H30F2N4O/c1-31(2)24-11-5-20(6-12-24)26(19-30-27(34)21-3-7-22(28)8-4-21)33-17-15-32(16-18-33)25-13-9-23(29)10-14-25/h3-14,26H,15-19H2,1-2H3,(H,30,34). The Morgan fingerprint density at radius 1 is 0.853 bits per heavy atom. The van der Waals surface area contributed by atoms with Crippen LogP contribution >= 0.6 is 0 Å². The molecule has 1 N–H and O–H groups in total. The normalized spacial score (nSPS) is 15.1. The van der Waals surface area contributed by atoms with Crippen molar-refractivity contribution in [3.8, 4) is 0 Å². The molecule has 0 spiro atoms. The quantitative estimate of drug-likeness (QED) is 0.565. The van der Waals surface area contributed by atoms with Gasteiger partial charge in [-0.15, -0.1) is 0 Å². The Morgan fingerprint density at radius 3 is 1.97 bits per heavy atom. The SMILES string of the molecule is CN(C)c1ccc(C(CNC(=O)c2ccc(F)cc2)N2CCN(c3ccc(F)cc3)CC2)cc1. The third kappa shape index (κ3) is 5.72. The van der Waals surface area contributed by atoms with Crippen molar-refractivity contribution in [1.82, 2.24) is 10.2 Å². The van der Waals surface area contributed by atoms with Crippen LogP contribution < -0.4 is 15.1 Å². The third-order valence-electron chi connectivity index (χ3n) is 6.30. The Bertz CT molecular complexity index is 1080. The van der Waals surface area contributed by atoms with Gasteiger partial charge in [0.2, 0.25) is 0 Å². The molecular weight excluding hydrogens is 434 g/mol. The second kappa shape index (κ2) is 10.7. The van der Waals surface area contributed by atoms with E-state index in [1.54, 1.807) is 0 Å². The van der Waals surface area contributed by atoms with Crippen molar-refractivity contribution in [2.45, 2.75) is 6.04 Å². The van der Waals surface area contributed by atoms with E-state index >= 15 is 0 Å². The van der Waals surface area contributed by atoms with Crippen LogP contribution in [0.2, 0.25) is 0 Å². The van der Waals surface area contributed by atoms with E-state index in [4.69, 9.17) is 0 Å². The minimum atomic E-state index is -0.366. The number of carbonyl (C=O) groups is 1. The highest BCUT2D eigenvalue weighted by Gasteiger charge is 2.26. The van der Waals surface area contributed by atoms with Crippen molar-refractivity contribution in [2.75, 3.05) is 56.6 Å². The number of anilines is 2. The van der Waals surface area contributed by atoms with Crippen LogP contribution in [0.5, 0.6) is 0 Å². The number of piperazine rings is 1. The molecule has 7 heteroatoms. The first kappa shape index (κ1) is 23.7. The van der Waals surface area contributed by atoms with Gasteiger partial charge in [0.15, 0.2) is 0 Å². The summed E-state index contributed by atoms with van der Waals surface area (Å²) in [6, 6.07) is 20.5. The summed E-state index contributed by atoms with van der Waals surface area (Å²) >= 11 is 0. The molecule has 0 saturated carbocycles. The second-order valence-electron chi connectivity index (χ2n) is 8.72. The number of carbonyl (C=O) groups excluding carboxylic acids is 1. The van der Waals surface area contributed by atoms with Crippen molar-refractivity contribution in [3.63, 3.8) is 0 Å². The lowest BCUT2D eigenvalue weighted by Gasteiger charge is -2.40. The number of benzene rings is 3. The zero-order valence-corrected chi connectivity index (χ0v) is 19.5. The zero-order valence-electron chi connectivity index (χ0n) is 19.5. The Labute approximate surface area is 199 Å². The summed E-state index contributed by atoms with van der Waals surface area (Å²) < 4.78 is 26.5. The molecule has 1 aliphatic rings. The van der Waals surface area contributed by atoms with Gasteiger partial charge in [-0.2, -0.15) is 0 Å². The molecule has 4 rings (SSSR count). The molecule has 1 atom stereocenters. The zero-order chi connectivity index (χ0) is 24.1. The summed E-state index contributed by atoms with van der Waals surface area (Å²) in [4.78, 5) is 19.4. The molecule has 0 aromatic heterocycles. The minimum absolute atomic E-state index is 0.00372. The molecule has 1 aliphatic heterocycles. The first-order valence-electron chi connectivity index (χ1n) is 11.5. The maximum atomic E-state index is 13.3. The predicted octanol–water partition coefficient (Wildman–Crippen LogP) is 4.32. The topological polar surface area (TPSA) is 38.8 Å². The van der Waals surface area contributed by atoms with Crippen LogP contribution in [0, 0.1) is 11.6 Å². The molecule has 3 aromatic rings. The number of nitrogens with zero attached hydrogens (tertiary/aromatic N) is 3. The smallest absolute Gasteiger partial charge is 0.251 e. The van der Waals surface area contributed by atoms with Gasteiger partial charge in [-0.05, 0) is 66.2 Å². The predicted molar refractivity (Wildman–Crippen MR) is 132 cm³/mol. The number of nitrogens with one attached hydrogen (secondary N) is 1. The highest BCUT2D eigenvalue weighted by atomic mass is 19.1. The van der Waals surface area contributed by atoms with Crippen LogP contribution in [0.25, 0.3) is 0 Å². The molecule has 0 bridgehead atoms.